The zero-order valence-corrected chi connectivity index (χ0v) is 17.3. The lowest BCUT2D eigenvalue weighted by atomic mass is 9.93. The van der Waals surface area contributed by atoms with Gasteiger partial charge >= 0.3 is 0 Å². The molecule has 1 aromatic carbocycles. The largest absolute Gasteiger partial charge is 0.336 e. The minimum absolute atomic E-state index is 0.0491. The van der Waals surface area contributed by atoms with Crippen LogP contribution in [-0.2, 0) is 10.0 Å². The van der Waals surface area contributed by atoms with Gasteiger partial charge in [-0.3, -0.25) is 4.79 Å². The molecule has 0 radical (unpaired) electrons. The fourth-order valence-electron chi connectivity index (χ4n) is 3.73. The van der Waals surface area contributed by atoms with Crippen molar-refractivity contribution in [1.29, 1.82) is 0 Å². The Morgan fingerprint density at radius 2 is 1.92 bits per heavy atom. The number of benzene rings is 1. The van der Waals surface area contributed by atoms with E-state index >= 15 is 0 Å². The number of piperidine rings is 1. The van der Waals surface area contributed by atoms with E-state index in [-0.39, 0.29) is 16.8 Å². The van der Waals surface area contributed by atoms with Gasteiger partial charge in [-0.1, -0.05) is 33.8 Å². The maximum Gasteiger partial charge on any atom is 0.254 e. The molecule has 0 unspecified atom stereocenters. The van der Waals surface area contributed by atoms with Crippen LogP contribution in [0.1, 0.15) is 63.7 Å². The molecule has 6 heteroatoms. The summed E-state index contributed by atoms with van der Waals surface area (Å²) >= 11 is 0. The monoisotopic (exact) mass is 380 g/mol. The maximum atomic E-state index is 13.1. The van der Waals surface area contributed by atoms with Crippen LogP contribution < -0.4 is 0 Å². The topological polar surface area (TPSA) is 57.7 Å². The zero-order valence-electron chi connectivity index (χ0n) is 16.4. The molecule has 0 saturated carbocycles. The summed E-state index contributed by atoms with van der Waals surface area (Å²) in [5, 5.41) is 0. The van der Waals surface area contributed by atoms with E-state index in [4.69, 9.17) is 0 Å². The number of sulfonamides is 1. The SMILES string of the molecule is CCN(CC)S(=O)(=O)c1cccc(C(=O)N2CCCC[C@H]2CC(C)C)c1. The van der Waals surface area contributed by atoms with Gasteiger partial charge in [-0.25, -0.2) is 8.42 Å². The summed E-state index contributed by atoms with van der Waals surface area (Å²) in [7, 11) is -3.56. The van der Waals surface area contributed by atoms with Crippen molar-refractivity contribution in [2.75, 3.05) is 19.6 Å². The fraction of sp³-hybridized carbons (Fsp3) is 0.650. The highest BCUT2D eigenvalue weighted by Gasteiger charge is 2.29. The van der Waals surface area contributed by atoms with E-state index in [1.54, 1.807) is 18.2 Å². The summed E-state index contributed by atoms with van der Waals surface area (Å²) in [6.07, 6.45) is 4.18. The summed E-state index contributed by atoms with van der Waals surface area (Å²) < 4.78 is 26.9. The molecule has 0 N–H and O–H groups in total. The van der Waals surface area contributed by atoms with Crippen molar-refractivity contribution < 1.29 is 13.2 Å². The minimum atomic E-state index is -3.56. The third kappa shape index (κ3) is 4.65. The Morgan fingerprint density at radius 3 is 2.54 bits per heavy atom. The minimum Gasteiger partial charge on any atom is -0.336 e. The van der Waals surface area contributed by atoms with Gasteiger partial charge in [-0.05, 0) is 49.8 Å². The van der Waals surface area contributed by atoms with E-state index < -0.39 is 10.0 Å². The molecular weight excluding hydrogens is 348 g/mol. The van der Waals surface area contributed by atoms with Gasteiger partial charge in [0.25, 0.3) is 5.91 Å². The average Bonchev–Trinajstić information content (AvgIpc) is 2.62. The third-order valence-corrected chi connectivity index (χ3v) is 7.10. The van der Waals surface area contributed by atoms with Gasteiger partial charge in [0.15, 0.2) is 0 Å². The Hall–Kier alpha value is -1.40. The Kier molecular flexibility index (Phi) is 7.24. The van der Waals surface area contributed by atoms with Crippen molar-refractivity contribution in [3.63, 3.8) is 0 Å². The molecule has 26 heavy (non-hydrogen) atoms. The number of hydrogen-bond acceptors (Lipinski definition) is 3. The van der Waals surface area contributed by atoms with Crippen LogP contribution in [0.4, 0.5) is 0 Å². The van der Waals surface area contributed by atoms with Crippen LogP contribution >= 0.6 is 0 Å². The zero-order chi connectivity index (χ0) is 19.3. The molecule has 0 aliphatic carbocycles. The summed E-state index contributed by atoms with van der Waals surface area (Å²) in [6.45, 7) is 9.58. The highest BCUT2D eigenvalue weighted by Crippen LogP contribution is 2.25. The molecule has 0 bridgehead atoms. The molecule has 0 spiro atoms. The molecule has 1 amide bonds. The van der Waals surface area contributed by atoms with Crippen molar-refractivity contribution in [3.05, 3.63) is 29.8 Å². The van der Waals surface area contributed by atoms with Crippen molar-refractivity contribution >= 4 is 15.9 Å². The van der Waals surface area contributed by atoms with E-state index in [1.165, 1.54) is 10.4 Å². The number of carbonyl (C=O) groups is 1. The smallest absolute Gasteiger partial charge is 0.254 e. The highest BCUT2D eigenvalue weighted by molar-refractivity contribution is 7.89. The molecule has 1 atom stereocenters. The van der Waals surface area contributed by atoms with Crippen molar-refractivity contribution in [1.82, 2.24) is 9.21 Å². The molecule has 2 rings (SSSR count). The molecule has 0 aromatic heterocycles. The molecule has 1 aliphatic heterocycles. The number of carbonyl (C=O) groups excluding carboxylic acids is 1. The number of nitrogens with zero attached hydrogens (tertiary/aromatic N) is 2. The number of amides is 1. The first-order valence-electron chi connectivity index (χ1n) is 9.72. The van der Waals surface area contributed by atoms with Crippen LogP contribution in [0.2, 0.25) is 0 Å². The van der Waals surface area contributed by atoms with Crippen LogP contribution in [0.15, 0.2) is 29.2 Å². The molecule has 1 saturated heterocycles. The molecular formula is C20H32N2O3S. The lowest BCUT2D eigenvalue weighted by Gasteiger charge is -2.37. The fourth-order valence-corrected chi connectivity index (χ4v) is 5.23. The van der Waals surface area contributed by atoms with Gasteiger partial charge in [-0.2, -0.15) is 4.31 Å². The lowest BCUT2D eigenvalue weighted by molar-refractivity contribution is 0.0584. The Labute approximate surface area is 158 Å². The Balaban J connectivity index is 2.30. The Morgan fingerprint density at radius 1 is 1.23 bits per heavy atom. The normalized spacial score (nSPS) is 18.5. The predicted octanol–water partition coefficient (Wildman–Crippen LogP) is 3.76. The van der Waals surface area contributed by atoms with Gasteiger partial charge in [0, 0.05) is 31.2 Å². The number of likely N-dealkylation sites (tertiary alicyclic amines) is 1. The van der Waals surface area contributed by atoms with Crippen LogP contribution in [0.3, 0.4) is 0 Å². The lowest BCUT2D eigenvalue weighted by Crippen LogP contribution is -2.44. The van der Waals surface area contributed by atoms with Gasteiger partial charge in [0.1, 0.15) is 0 Å². The van der Waals surface area contributed by atoms with Gasteiger partial charge in [0.05, 0.1) is 4.90 Å². The van der Waals surface area contributed by atoms with E-state index in [1.807, 2.05) is 18.7 Å². The maximum absolute atomic E-state index is 13.1. The standard InChI is InChI=1S/C20H32N2O3S/c1-5-21(6-2)26(24,25)19-12-9-10-17(15-19)20(23)22-13-8-7-11-18(22)14-16(3)4/h9-10,12,15-16,18H,5-8,11,13-14H2,1-4H3/t18-/m0/s1. The number of rotatable bonds is 7. The highest BCUT2D eigenvalue weighted by atomic mass is 32.2. The summed E-state index contributed by atoms with van der Waals surface area (Å²) in [6, 6.07) is 6.76. The van der Waals surface area contributed by atoms with Crippen LogP contribution in [0.5, 0.6) is 0 Å². The second kappa shape index (κ2) is 9.00. The molecule has 1 fully saturated rings. The summed E-state index contributed by atoms with van der Waals surface area (Å²) in [4.78, 5) is 15.2. The first kappa shape index (κ1) is 20.9. The molecule has 5 nitrogen and oxygen atoms in total. The Bertz CT molecular complexity index is 712. The van der Waals surface area contributed by atoms with Gasteiger partial charge in [-0.15, -0.1) is 0 Å². The van der Waals surface area contributed by atoms with E-state index in [0.29, 0.717) is 24.6 Å². The quantitative estimate of drug-likeness (QED) is 0.724. The van der Waals surface area contributed by atoms with Crippen LogP contribution in [0.25, 0.3) is 0 Å². The first-order chi connectivity index (χ1) is 12.3. The van der Waals surface area contributed by atoms with Crippen molar-refractivity contribution in [3.8, 4) is 0 Å². The van der Waals surface area contributed by atoms with E-state index in [9.17, 15) is 13.2 Å². The molecule has 1 aliphatic rings. The second-order valence-corrected chi connectivity index (χ2v) is 9.33. The summed E-state index contributed by atoms with van der Waals surface area (Å²) in [5.41, 5.74) is 0.467. The molecule has 1 heterocycles. The predicted molar refractivity (Wildman–Crippen MR) is 105 cm³/mol. The van der Waals surface area contributed by atoms with Gasteiger partial charge in [0.2, 0.25) is 10.0 Å². The molecule has 1 aromatic rings. The molecule has 146 valence electrons. The van der Waals surface area contributed by atoms with Crippen LogP contribution in [0, 0.1) is 5.92 Å². The number of hydrogen-bond donors (Lipinski definition) is 0. The van der Waals surface area contributed by atoms with E-state index in [0.717, 1.165) is 32.2 Å². The summed E-state index contributed by atoms with van der Waals surface area (Å²) in [5.74, 6) is 0.481. The van der Waals surface area contributed by atoms with Crippen LogP contribution in [-0.4, -0.2) is 49.2 Å². The van der Waals surface area contributed by atoms with E-state index in [2.05, 4.69) is 13.8 Å². The second-order valence-electron chi connectivity index (χ2n) is 7.39. The third-order valence-electron chi connectivity index (χ3n) is 5.06. The van der Waals surface area contributed by atoms with Crippen molar-refractivity contribution in [2.24, 2.45) is 5.92 Å². The van der Waals surface area contributed by atoms with Crippen molar-refractivity contribution in [2.45, 2.75) is 64.3 Å². The average molecular weight is 381 g/mol. The van der Waals surface area contributed by atoms with Gasteiger partial charge < -0.3 is 4.90 Å². The first-order valence-corrected chi connectivity index (χ1v) is 11.2.